The van der Waals surface area contributed by atoms with Crippen molar-refractivity contribution in [3.05, 3.63) is 41.9 Å². The van der Waals surface area contributed by atoms with Crippen LogP contribution in [0.25, 0.3) is 0 Å². The van der Waals surface area contributed by atoms with Crippen LogP contribution in [0.2, 0.25) is 0 Å². The minimum absolute atomic E-state index is 0.267. The Morgan fingerprint density at radius 3 is 2.67 bits per heavy atom. The van der Waals surface area contributed by atoms with E-state index in [1.165, 1.54) is 6.92 Å². The fourth-order valence-electron chi connectivity index (χ4n) is 1.38. The lowest BCUT2D eigenvalue weighted by atomic mass is 10.1. The lowest BCUT2D eigenvalue weighted by molar-refractivity contribution is -0.114. The summed E-state index contributed by atoms with van der Waals surface area (Å²) in [4.78, 5) is 22.9. The third-order valence-electron chi connectivity index (χ3n) is 2.05. The predicted octanol–water partition coefficient (Wildman–Crippen LogP) is 2.26. The van der Waals surface area contributed by atoms with E-state index < -0.39 is 11.7 Å². The maximum Gasteiger partial charge on any atom is 0.280 e. The van der Waals surface area contributed by atoms with Crippen molar-refractivity contribution in [1.29, 1.82) is 0 Å². The van der Waals surface area contributed by atoms with E-state index in [1.807, 2.05) is 0 Å². The topological polar surface area (TPSA) is 75.6 Å². The zero-order chi connectivity index (χ0) is 13.5. The molecule has 0 saturated heterocycles. The molecule has 18 heavy (non-hydrogen) atoms. The maximum absolute atomic E-state index is 11.9. The van der Waals surface area contributed by atoms with Crippen molar-refractivity contribution in [2.24, 2.45) is 0 Å². The molecule has 5 heteroatoms. The maximum atomic E-state index is 11.9. The second-order valence-electron chi connectivity index (χ2n) is 3.51. The smallest absolute Gasteiger partial charge is 0.280 e. The molecule has 0 unspecified atom stereocenters. The van der Waals surface area contributed by atoms with Crippen LogP contribution in [-0.4, -0.2) is 23.4 Å². The lowest BCUT2D eigenvalue weighted by Gasteiger charge is -2.07. The first kappa shape index (κ1) is 13.8. The summed E-state index contributed by atoms with van der Waals surface area (Å²) < 4.78 is 4.76. The van der Waals surface area contributed by atoms with Crippen LogP contribution in [0, 0.1) is 0 Å². The number of carbonyl (C=O) groups excluding carboxylic acids is 2. The second kappa shape index (κ2) is 6.44. The number of ketones is 1. The van der Waals surface area contributed by atoms with Crippen LogP contribution in [0.4, 0.5) is 5.69 Å². The summed E-state index contributed by atoms with van der Waals surface area (Å²) in [6, 6.07) is 6.54. The number of benzene rings is 1. The van der Waals surface area contributed by atoms with Crippen molar-refractivity contribution in [3.63, 3.8) is 0 Å². The number of ether oxygens (including phenoxy) is 1. The Labute approximate surface area is 105 Å². The van der Waals surface area contributed by atoms with Crippen LogP contribution in [0.5, 0.6) is 0 Å². The number of para-hydroxylation sites is 1. The van der Waals surface area contributed by atoms with Crippen LogP contribution < -0.4 is 5.32 Å². The first-order chi connectivity index (χ1) is 8.54. The van der Waals surface area contributed by atoms with E-state index in [1.54, 1.807) is 31.2 Å². The Morgan fingerprint density at radius 1 is 1.39 bits per heavy atom. The van der Waals surface area contributed by atoms with E-state index in [4.69, 9.17) is 4.74 Å². The number of aliphatic hydroxyl groups excluding tert-OH is 1. The van der Waals surface area contributed by atoms with Gasteiger partial charge in [0, 0.05) is 12.5 Å². The summed E-state index contributed by atoms with van der Waals surface area (Å²) in [5, 5.41) is 11.8. The highest BCUT2D eigenvalue weighted by molar-refractivity contribution is 6.10. The highest BCUT2D eigenvalue weighted by atomic mass is 16.6. The molecule has 0 bridgehead atoms. The molecule has 5 nitrogen and oxygen atoms in total. The van der Waals surface area contributed by atoms with Crippen LogP contribution in [0.15, 0.2) is 36.3 Å². The van der Waals surface area contributed by atoms with Crippen molar-refractivity contribution in [3.8, 4) is 0 Å². The molecule has 0 heterocycles. The first-order valence-corrected chi connectivity index (χ1v) is 5.49. The van der Waals surface area contributed by atoms with E-state index in [2.05, 4.69) is 5.32 Å². The number of nitrogens with one attached hydrogen (secondary N) is 1. The van der Waals surface area contributed by atoms with Crippen LogP contribution >= 0.6 is 0 Å². The van der Waals surface area contributed by atoms with Crippen molar-refractivity contribution in [2.45, 2.75) is 13.8 Å². The second-order valence-corrected chi connectivity index (χ2v) is 3.51. The summed E-state index contributed by atoms with van der Waals surface area (Å²) in [6.45, 7) is 3.32. The molecular weight excluding hydrogens is 234 g/mol. The number of aliphatic hydroxyl groups is 1. The SMILES string of the molecule is CCO/C(O)=C/C(=O)c1ccccc1NC(C)=O. The number of anilines is 1. The minimum atomic E-state index is -0.444. The standard InChI is InChI=1S/C13H15NO4/c1-3-18-13(17)8-12(16)10-6-4-5-7-11(10)14-9(2)15/h4-8,17H,3H2,1-2H3,(H,14,15)/b13-8+. The molecule has 1 rings (SSSR count). The molecule has 0 radical (unpaired) electrons. The van der Waals surface area contributed by atoms with Gasteiger partial charge in [0.05, 0.1) is 18.4 Å². The third kappa shape index (κ3) is 3.93. The van der Waals surface area contributed by atoms with E-state index in [-0.39, 0.29) is 12.5 Å². The van der Waals surface area contributed by atoms with Gasteiger partial charge in [0.2, 0.25) is 5.91 Å². The molecular formula is C13H15NO4. The Balaban J connectivity index is 2.98. The van der Waals surface area contributed by atoms with Crippen LogP contribution in [0.3, 0.4) is 0 Å². The van der Waals surface area contributed by atoms with Crippen molar-refractivity contribution in [2.75, 3.05) is 11.9 Å². The fourth-order valence-corrected chi connectivity index (χ4v) is 1.38. The minimum Gasteiger partial charge on any atom is -0.481 e. The molecule has 0 saturated carbocycles. The van der Waals surface area contributed by atoms with Crippen molar-refractivity contribution >= 4 is 17.4 Å². The molecule has 2 N–H and O–H groups in total. The van der Waals surface area contributed by atoms with Gasteiger partial charge in [0.25, 0.3) is 5.95 Å². The molecule has 1 aromatic rings. The number of amides is 1. The Hall–Kier alpha value is -2.30. The predicted molar refractivity (Wildman–Crippen MR) is 67.4 cm³/mol. The van der Waals surface area contributed by atoms with E-state index in [0.29, 0.717) is 11.3 Å². The van der Waals surface area contributed by atoms with Gasteiger partial charge in [-0.15, -0.1) is 0 Å². The summed E-state index contributed by atoms with van der Waals surface area (Å²) in [7, 11) is 0. The van der Waals surface area contributed by atoms with Gasteiger partial charge >= 0.3 is 0 Å². The Morgan fingerprint density at radius 2 is 2.06 bits per heavy atom. The molecule has 0 atom stereocenters. The largest absolute Gasteiger partial charge is 0.481 e. The summed E-state index contributed by atoms with van der Waals surface area (Å²) in [5.74, 6) is -1.15. The summed E-state index contributed by atoms with van der Waals surface area (Å²) in [5.41, 5.74) is 0.689. The van der Waals surface area contributed by atoms with Gasteiger partial charge in [0.15, 0.2) is 5.78 Å². The number of rotatable bonds is 5. The van der Waals surface area contributed by atoms with Gasteiger partial charge in [-0.25, -0.2) is 0 Å². The van der Waals surface area contributed by atoms with Crippen LogP contribution in [-0.2, 0) is 9.53 Å². The van der Waals surface area contributed by atoms with Gasteiger partial charge in [0.1, 0.15) is 0 Å². The zero-order valence-electron chi connectivity index (χ0n) is 10.3. The Bertz CT molecular complexity index is 480. The van der Waals surface area contributed by atoms with Crippen LogP contribution in [0.1, 0.15) is 24.2 Å². The van der Waals surface area contributed by atoms with Gasteiger partial charge in [-0.3, -0.25) is 9.59 Å². The average molecular weight is 249 g/mol. The Kier molecular flexibility index (Phi) is 4.92. The first-order valence-electron chi connectivity index (χ1n) is 5.49. The molecule has 0 aliphatic carbocycles. The molecule has 0 fully saturated rings. The molecule has 0 spiro atoms. The monoisotopic (exact) mass is 249 g/mol. The van der Waals surface area contributed by atoms with E-state index >= 15 is 0 Å². The number of allylic oxidation sites excluding steroid dienone is 1. The third-order valence-corrected chi connectivity index (χ3v) is 2.05. The van der Waals surface area contributed by atoms with Crippen molar-refractivity contribution in [1.82, 2.24) is 0 Å². The summed E-state index contributed by atoms with van der Waals surface area (Å²) in [6.07, 6.45) is 0.976. The quantitative estimate of drug-likeness (QED) is 0.477. The molecule has 1 amide bonds. The fraction of sp³-hybridized carbons (Fsp3) is 0.231. The van der Waals surface area contributed by atoms with Gasteiger partial charge in [-0.2, -0.15) is 0 Å². The summed E-state index contributed by atoms with van der Waals surface area (Å²) >= 11 is 0. The normalized spacial score (nSPS) is 10.9. The molecule has 96 valence electrons. The van der Waals surface area contributed by atoms with E-state index in [9.17, 15) is 14.7 Å². The van der Waals surface area contributed by atoms with E-state index in [0.717, 1.165) is 6.08 Å². The van der Waals surface area contributed by atoms with Gasteiger partial charge < -0.3 is 15.2 Å². The highest BCUT2D eigenvalue weighted by Crippen LogP contribution is 2.16. The molecule has 0 aliphatic heterocycles. The number of carbonyl (C=O) groups is 2. The number of hydrogen-bond donors (Lipinski definition) is 2. The number of hydrogen-bond acceptors (Lipinski definition) is 4. The lowest BCUT2D eigenvalue weighted by Crippen LogP contribution is -2.10. The zero-order valence-corrected chi connectivity index (χ0v) is 10.3. The highest BCUT2D eigenvalue weighted by Gasteiger charge is 2.11. The molecule has 1 aromatic carbocycles. The van der Waals surface area contributed by atoms with Crippen molar-refractivity contribution < 1.29 is 19.4 Å². The average Bonchev–Trinajstić information content (AvgIpc) is 2.28. The molecule has 0 aromatic heterocycles. The van der Waals surface area contributed by atoms with Gasteiger partial charge in [-0.05, 0) is 19.1 Å². The van der Waals surface area contributed by atoms with Gasteiger partial charge in [-0.1, -0.05) is 12.1 Å². The molecule has 0 aliphatic rings.